The van der Waals surface area contributed by atoms with Crippen molar-refractivity contribution in [1.29, 1.82) is 0 Å². The first-order chi connectivity index (χ1) is 16.0. The van der Waals surface area contributed by atoms with Crippen LogP contribution in [0.2, 0.25) is 0 Å². The minimum absolute atomic E-state index is 0.0106. The van der Waals surface area contributed by atoms with Crippen LogP contribution in [0.5, 0.6) is 0 Å². The first-order valence-electron chi connectivity index (χ1n) is 11.9. The molecular weight excluding hydrogens is 430 g/mol. The average Bonchev–Trinajstić information content (AvgIpc) is 3.15. The highest BCUT2D eigenvalue weighted by molar-refractivity contribution is 7.21. The van der Waals surface area contributed by atoms with E-state index >= 15 is 0 Å². The van der Waals surface area contributed by atoms with E-state index in [4.69, 9.17) is 4.98 Å². The molecule has 2 aromatic heterocycles. The number of hydrogen-bond acceptors (Lipinski definition) is 5. The molecule has 0 bridgehead atoms. The van der Waals surface area contributed by atoms with E-state index in [1.54, 1.807) is 11.3 Å². The number of amides is 1. The molecule has 1 aromatic carbocycles. The predicted octanol–water partition coefficient (Wildman–Crippen LogP) is 3.76. The van der Waals surface area contributed by atoms with Gasteiger partial charge in [0.2, 0.25) is 0 Å². The lowest BCUT2D eigenvalue weighted by molar-refractivity contribution is -0.926. The van der Waals surface area contributed by atoms with Crippen LogP contribution in [-0.2, 0) is 0 Å². The smallest absolute Gasteiger partial charge is 0.263 e. The van der Waals surface area contributed by atoms with Crippen LogP contribution in [-0.4, -0.2) is 67.2 Å². The molecule has 3 N–H and O–H groups in total. The Morgan fingerprint density at radius 3 is 2.85 bits per heavy atom. The number of aromatic nitrogens is 1. The lowest BCUT2D eigenvalue weighted by atomic mass is 9.91. The number of quaternary nitrogens is 1. The van der Waals surface area contributed by atoms with Crippen molar-refractivity contribution in [2.24, 2.45) is 0 Å². The quantitative estimate of drug-likeness (QED) is 0.510. The number of nitrogens with one attached hydrogen (secondary N) is 3. The van der Waals surface area contributed by atoms with Gasteiger partial charge < -0.3 is 20.4 Å². The molecule has 0 saturated carbocycles. The summed E-state index contributed by atoms with van der Waals surface area (Å²) in [6.07, 6.45) is 7.78. The van der Waals surface area contributed by atoms with E-state index < -0.39 is 0 Å². The molecule has 6 rings (SSSR count). The molecule has 0 spiro atoms. The third kappa shape index (κ3) is 3.46. The number of carbonyl (C=O) groups is 1. The van der Waals surface area contributed by atoms with Gasteiger partial charge in [-0.1, -0.05) is 18.2 Å². The SMILES string of the molecule is C[C@@H]1CNc2c(sc3ccc4nc(C5=CC=CCC5[N+]5(C)CCNCC5)ccc4c23)C(=O)N1. The van der Waals surface area contributed by atoms with Gasteiger partial charge in [-0.25, -0.2) is 4.98 Å². The highest BCUT2D eigenvalue weighted by Gasteiger charge is 2.37. The number of anilines is 1. The minimum Gasteiger partial charge on any atom is -0.381 e. The van der Waals surface area contributed by atoms with Crippen LogP contribution in [0.25, 0.3) is 26.6 Å². The molecule has 1 saturated heterocycles. The van der Waals surface area contributed by atoms with Crippen LogP contribution in [0, 0.1) is 0 Å². The summed E-state index contributed by atoms with van der Waals surface area (Å²) < 4.78 is 2.17. The highest BCUT2D eigenvalue weighted by Crippen LogP contribution is 2.41. The summed E-state index contributed by atoms with van der Waals surface area (Å²) in [4.78, 5) is 18.6. The molecule has 1 aliphatic carbocycles. The standard InChI is InChI=1S/C26H29N5OS/c1-16-15-28-24-23-18-7-8-19(30-20(18)9-10-22(23)33-25(24)26(32)29-16)17-5-3-4-6-21(17)31(2)13-11-27-12-14-31/h3-5,7-10,16,21,27H,6,11-15H2,1-2H3,(H-,28,29,32)/p+1/t16-,21?/m1/s1. The second-order valence-electron chi connectivity index (χ2n) is 9.74. The van der Waals surface area contributed by atoms with E-state index in [1.165, 1.54) is 5.57 Å². The number of benzene rings is 1. The van der Waals surface area contributed by atoms with Crippen molar-refractivity contribution >= 4 is 49.5 Å². The topological polar surface area (TPSA) is 66.0 Å². The largest absolute Gasteiger partial charge is 0.381 e. The summed E-state index contributed by atoms with van der Waals surface area (Å²) in [5.41, 5.74) is 4.33. The van der Waals surface area contributed by atoms with Gasteiger partial charge >= 0.3 is 0 Å². The molecule has 1 unspecified atom stereocenters. The van der Waals surface area contributed by atoms with Crippen LogP contribution in [0.3, 0.4) is 0 Å². The molecule has 2 atom stereocenters. The molecule has 1 amide bonds. The van der Waals surface area contributed by atoms with Crippen molar-refractivity contribution in [3.63, 3.8) is 0 Å². The minimum atomic E-state index is 0.0106. The number of rotatable bonds is 2. The number of hydrogen-bond donors (Lipinski definition) is 3. The van der Waals surface area contributed by atoms with E-state index in [1.807, 2.05) is 6.92 Å². The fraction of sp³-hybridized carbons (Fsp3) is 0.385. The van der Waals surface area contributed by atoms with Gasteiger partial charge in [-0.15, -0.1) is 11.3 Å². The van der Waals surface area contributed by atoms with E-state index in [9.17, 15) is 4.79 Å². The van der Waals surface area contributed by atoms with Crippen LogP contribution in [0.1, 0.15) is 28.7 Å². The lowest BCUT2D eigenvalue weighted by Gasteiger charge is -2.45. The molecule has 3 aliphatic rings. The molecule has 4 heterocycles. The summed E-state index contributed by atoms with van der Waals surface area (Å²) >= 11 is 1.56. The summed E-state index contributed by atoms with van der Waals surface area (Å²) in [5.74, 6) is 0.0106. The van der Waals surface area contributed by atoms with Gasteiger partial charge in [0, 0.05) is 53.1 Å². The molecule has 3 aromatic rings. The maximum atomic E-state index is 12.7. The Kier molecular flexibility index (Phi) is 5.01. The molecule has 7 heteroatoms. The van der Waals surface area contributed by atoms with Gasteiger partial charge in [0.05, 0.1) is 37.0 Å². The molecule has 33 heavy (non-hydrogen) atoms. The third-order valence-electron chi connectivity index (χ3n) is 7.47. The number of thiophene rings is 1. The van der Waals surface area contributed by atoms with Crippen molar-refractivity contribution in [2.75, 3.05) is 45.1 Å². The molecule has 2 aliphatic heterocycles. The summed E-state index contributed by atoms with van der Waals surface area (Å²) in [6, 6.07) is 9.13. The Morgan fingerprint density at radius 2 is 2.00 bits per heavy atom. The molecule has 6 nitrogen and oxygen atoms in total. The first-order valence-corrected chi connectivity index (χ1v) is 12.7. The van der Waals surface area contributed by atoms with Crippen LogP contribution < -0.4 is 16.0 Å². The summed E-state index contributed by atoms with van der Waals surface area (Å²) in [6.45, 7) is 7.15. The normalized spacial score (nSPS) is 24.7. The Hall–Kier alpha value is -2.74. The van der Waals surface area contributed by atoms with E-state index in [-0.39, 0.29) is 11.9 Å². The van der Waals surface area contributed by atoms with Gasteiger partial charge in [0.15, 0.2) is 0 Å². The van der Waals surface area contributed by atoms with E-state index in [2.05, 4.69) is 65.5 Å². The van der Waals surface area contributed by atoms with Crippen LogP contribution in [0.4, 0.5) is 5.69 Å². The third-order valence-corrected chi connectivity index (χ3v) is 8.62. The lowest BCUT2D eigenvalue weighted by Crippen LogP contribution is -2.61. The van der Waals surface area contributed by atoms with E-state index in [0.29, 0.717) is 6.04 Å². The van der Waals surface area contributed by atoms with Crippen LogP contribution >= 0.6 is 11.3 Å². The number of pyridine rings is 1. The molecule has 0 radical (unpaired) electrons. The number of likely N-dealkylation sites (N-methyl/N-ethyl adjacent to an activating group) is 1. The molecular formula is C26H30N5OS+. The molecule has 170 valence electrons. The fourth-order valence-electron chi connectivity index (χ4n) is 5.57. The van der Waals surface area contributed by atoms with Gasteiger partial charge in [-0.2, -0.15) is 0 Å². The summed E-state index contributed by atoms with van der Waals surface area (Å²) in [7, 11) is 2.39. The van der Waals surface area contributed by atoms with E-state index in [0.717, 1.165) is 80.9 Å². The van der Waals surface area contributed by atoms with Crippen molar-refractivity contribution < 1.29 is 9.28 Å². The second-order valence-corrected chi connectivity index (χ2v) is 10.8. The Morgan fingerprint density at radius 1 is 1.15 bits per heavy atom. The maximum Gasteiger partial charge on any atom is 0.263 e. The number of nitrogens with zero attached hydrogens (tertiary/aromatic N) is 2. The van der Waals surface area contributed by atoms with Gasteiger partial charge in [-0.05, 0) is 31.2 Å². The molecule has 1 fully saturated rings. The van der Waals surface area contributed by atoms with Crippen molar-refractivity contribution in [3.05, 3.63) is 53.1 Å². The van der Waals surface area contributed by atoms with Crippen molar-refractivity contribution in [1.82, 2.24) is 15.6 Å². The fourth-order valence-corrected chi connectivity index (χ4v) is 6.67. The Labute approximate surface area is 198 Å². The van der Waals surface area contributed by atoms with Gasteiger partial charge in [0.1, 0.15) is 10.9 Å². The predicted molar refractivity (Wildman–Crippen MR) is 137 cm³/mol. The monoisotopic (exact) mass is 460 g/mol. The number of carbonyl (C=O) groups excluding carboxylic acids is 1. The summed E-state index contributed by atoms with van der Waals surface area (Å²) in [5, 5.41) is 12.3. The zero-order valence-corrected chi connectivity index (χ0v) is 20.0. The van der Waals surface area contributed by atoms with Crippen molar-refractivity contribution in [3.8, 4) is 0 Å². The van der Waals surface area contributed by atoms with Crippen LogP contribution in [0.15, 0.2) is 42.5 Å². The Balaban J connectivity index is 1.45. The maximum absolute atomic E-state index is 12.7. The van der Waals surface area contributed by atoms with Crippen molar-refractivity contribution in [2.45, 2.75) is 25.4 Å². The number of piperazine rings is 1. The van der Waals surface area contributed by atoms with Gasteiger partial charge in [-0.3, -0.25) is 4.79 Å². The zero-order chi connectivity index (χ0) is 22.6. The van der Waals surface area contributed by atoms with Gasteiger partial charge in [0.25, 0.3) is 5.91 Å². The second kappa shape index (κ2) is 7.94. The highest BCUT2D eigenvalue weighted by atomic mass is 32.1. The number of fused-ring (bicyclic) bond motifs is 5. The zero-order valence-electron chi connectivity index (χ0n) is 19.1. The first kappa shape index (κ1) is 20.8. The number of allylic oxidation sites excluding steroid dienone is 2. The average molecular weight is 461 g/mol. The Bertz CT molecular complexity index is 1320.